The van der Waals surface area contributed by atoms with Crippen molar-refractivity contribution in [3.8, 4) is 17.6 Å². The van der Waals surface area contributed by atoms with Gasteiger partial charge in [0, 0.05) is 0 Å². The standard InChI is InChI=1S/C9H6ClNO3/c10-5-1-2-7-3-4-8(12)6-9(7)11(13)14/h3-4,6,12H,5H2. The number of rotatable bonds is 1. The van der Waals surface area contributed by atoms with Crippen molar-refractivity contribution in [2.75, 3.05) is 5.88 Å². The van der Waals surface area contributed by atoms with Gasteiger partial charge in [-0.15, -0.1) is 11.6 Å². The van der Waals surface area contributed by atoms with Gasteiger partial charge >= 0.3 is 0 Å². The molecule has 0 saturated carbocycles. The monoisotopic (exact) mass is 211 g/mol. The number of phenols is 1. The predicted molar refractivity (Wildman–Crippen MR) is 52.4 cm³/mol. The lowest BCUT2D eigenvalue weighted by molar-refractivity contribution is -0.385. The maximum atomic E-state index is 10.5. The van der Waals surface area contributed by atoms with E-state index in [0.717, 1.165) is 6.07 Å². The Labute approximate surface area is 85.3 Å². The smallest absolute Gasteiger partial charge is 0.288 e. The Morgan fingerprint density at radius 3 is 2.86 bits per heavy atom. The summed E-state index contributed by atoms with van der Waals surface area (Å²) in [5, 5.41) is 19.6. The minimum absolute atomic E-state index is 0.109. The van der Waals surface area contributed by atoms with Crippen LogP contribution in [-0.4, -0.2) is 15.9 Å². The number of nitrogens with zero attached hydrogens (tertiary/aromatic N) is 1. The van der Waals surface area contributed by atoms with Gasteiger partial charge in [-0.3, -0.25) is 10.1 Å². The van der Waals surface area contributed by atoms with Gasteiger partial charge in [-0.05, 0) is 12.1 Å². The van der Waals surface area contributed by atoms with Crippen LogP contribution in [-0.2, 0) is 0 Å². The van der Waals surface area contributed by atoms with E-state index < -0.39 is 4.92 Å². The van der Waals surface area contributed by atoms with Crippen molar-refractivity contribution in [3.63, 3.8) is 0 Å². The van der Waals surface area contributed by atoms with Crippen molar-refractivity contribution in [1.29, 1.82) is 0 Å². The van der Waals surface area contributed by atoms with E-state index in [4.69, 9.17) is 16.7 Å². The third-order valence-electron chi connectivity index (χ3n) is 1.47. The quantitative estimate of drug-likeness (QED) is 0.334. The number of alkyl halides is 1. The molecule has 0 fully saturated rings. The van der Waals surface area contributed by atoms with Crippen LogP contribution in [0.3, 0.4) is 0 Å². The first-order valence-electron chi connectivity index (χ1n) is 3.67. The van der Waals surface area contributed by atoms with E-state index in [1.54, 1.807) is 0 Å². The van der Waals surface area contributed by atoms with Gasteiger partial charge < -0.3 is 5.11 Å². The lowest BCUT2D eigenvalue weighted by Crippen LogP contribution is -1.91. The van der Waals surface area contributed by atoms with E-state index in [1.165, 1.54) is 12.1 Å². The highest BCUT2D eigenvalue weighted by Crippen LogP contribution is 2.22. The van der Waals surface area contributed by atoms with Crippen molar-refractivity contribution in [2.24, 2.45) is 0 Å². The molecule has 0 heterocycles. The summed E-state index contributed by atoms with van der Waals surface area (Å²) in [4.78, 5) is 9.93. The zero-order valence-corrected chi connectivity index (χ0v) is 7.78. The highest BCUT2D eigenvalue weighted by molar-refractivity contribution is 6.19. The van der Waals surface area contributed by atoms with Crippen LogP contribution in [0.25, 0.3) is 0 Å². The summed E-state index contributed by atoms with van der Waals surface area (Å²) in [5.41, 5.74) is 0.0241. The fourth-order valence-electron chi connectivity index (χ4n) is 0.905. The number of hydrogen-bond acceptors (Lipinski definition) is 3. The van der Waals surface area contributed by atoms with Gasteiger partial charge in [0.2, 0.25) is 0 Å². The maximum absolute atomic E-state index is 10.5. The average Bonchev–Trinajstić information content (AvgIpc) is 2.15. The molecule has 0 radical (unpaired) electrons. The second-order valence-electron chi connectivity index (χ2n) is 2.39. The summed E-state index contributed by atoms with van der Waals surface area (Å²) in [6.45, 7) is 0. The third kappa shape index (κ3) is 2.38. The molecule has 1 aromatic carbocycles. The molecule has 72 valence electrons. The Morgan fingerprint density at radius 2 is 2.29 bits per heavy atom. The van der Waals surface area contributed by atoms with Crippen molar-refractivity contribution in [3.05, 3.63) is 33.9 Å². The van der Waals surface area contributed by atoms with Crippen LogP contribution in [0.4, 0.5) is 5.69 Å². The predicted octanol–water partition coefficient (Wildman–Crippen LogP) is 1.89. The number of phenolic OH excluding ortho intramolecular Hbond substituents is 1. The summed E-state index contributed by atoms with van der Waals surface area (Å²) < 4.78 is 0. The number of benzene rings is 1. The van der Waals surface area contributed by atoms with E-state index in [-0.39, 0.29) is 22.9 Å². The molecular weight excluding hydrogens is 206 g/mol. The Bertz CT molecular complexity index is 420. The molecule has 0 amide bonds. The van der Waals surface area contributed by atoms with Gasteiger partial charge in [0.05, 0.1) is 16.9 Å². The van der Waals surface area contributed by atoms with E-state index in [0.29, 0.717) is 0 Å². The normalized spacial score (nSPS) is 8.93. The SMILES string of the molecule is O=[N+]([O-])c1cc(O)ccc1C#CCCl. The molecular formula is C9H6ClNO3. The molecule has 0 spiro atoms. The topological polar surface area (TPSA) is 63.4 Å². The molecule has 4 nitrogen and oxygen atoms in total. The molecule has 0 saturated heterocycles. The van der Waals surface area contributed by atoms with Crippen molar-refractivity contribution in [2.45, 2.75) is 0 Å². The first-order chi connectivity index (χ1) is 6.65. The van der Waals surface area contributed by atoms with Crippen LogP contribution in [0.1, 0.15) is 5.56 Å². The first-order valence-corrected chi connectivity index (χ1v) is 4.21. The Morgan fingerprint density at radius 1 is 1.57 bits per heavy atom. The van der Waals surface area contributed by atoms with Gasteiger partial charge in [-0.25, -0.2) is 0 Å². The molecule has 0 aromatic heterocycles. The average molecular weight is 212 g/mol. The van der Waals surface area contributed by atoms with Gasteiger partial charge in [-0.1, -0.05) is 11.8 Å². The molecule has 1 N–H and O–H groups in total. The molecule has 0 aliphatic heterocycles. The van der Waals surface area contributed by atoms with Crippen LogP contribution < -0.4 is 0 Å². The largest absolute Gasteiger partial charge is 0.508 e. The molecule has 0 bridgehead atoms. The van der Waals surface area contributed by atoms with Crippen LogP contribution in [0, 0.1) is 22.0 Å². The first kappa shape index (κ1) is 10.4. The van der Waals surface area contributed by atoms with Gasteiger partial charge in [-0.2, -0.15) is 0 Å². The number of hydrogen-bond donors (Lipinski definition) is 1. The fraction of sp³-hybridized carbons (Fsp3) is 0.111. The van der Waals surface area contributed by atoms with Gasteiger partial charge in [0.1, 0.15) is 11.3 Å². The minimum Gasteiger partial charge on any atom is -0.508 e. The van der Waals surface area contributed by atoms with E-state index in [1.807, 2.05) is 0 Å². The van der Waals surface area contributed by atoms with Crippen LogP contribution >= 0.6 is 11.6 Å². The van der Waals surface area contributed by atoms with Crippen molar-refractivity contribution < 1.29 is 10.0 Å². The summed E-state index contributed by atoms with van der Waals surface area (Å²) >= 11 is 5.32. The van der Waals surface area contributed by atoms with Crippen molar-refractivity contribution in [1.82, 2.24) is 0 Å². The molecule has 1 aromatic rings. The lowest BCUT2D eigenvalue weighted by Gasteiger charge is -1.95. The zero-order chi connectivity index (χ0) is 10.6. The maximum Gasteiger partial charge on any atom is 0.288 e. The molecule has 1 rings (SSSR count). The minimum atomic E-state index is -0.599. The highest BCUT2D eigenvalue weighted by atomic mass is 35.5. The highest BCUT2D eigenvalue weighted by Gasteiger charge is 2.12. The fourth-order valence-corrected chi connectivity index (χ4v) is 0.972. The second-order valence-corrected chi connectivity index (χ2v) is 2.66. The van der Waals surface area contributed by atoms with Gasteiger partial charge in [0.25, 0.3) is 5.69 Å². The summed E-state index contributed by atoms with van der Waals surface area (Å²) in [6, 6.07) is 3.77. The van der Waals surface area contributed by atoms with E-state index in [2.05, 4.69) is 11.8 Å². The molecule has 5 heteroatoms. The van der Waals surface area contributed by atoms with Crippen molar-refractivity contribution >= 4 is 17.3 Å². The summed E-state index contributed by atoms with van der Waals surface area (Å²) in [5.74, 6) is 5.00. The van der Waals surface area contributed by atoms with Crippen LogP contribution in [0.5, 0.6) is 5.75 Å². The Balaban J connectivity index is 3.22. The lowest BCUT2D eigenvalue weighted by atomic mass is 10.2. The Hall–Kier alpha value is -1.73. The molecule has 0 aliphatic carbocycles. The Kier molecular flexibility index (Phi) is 3.32. The molecule has 14 heavy (non-hydrogen) atoms. The number of aromatic hydroxyl groups is 1. The number of nitro benzene ring substituents is 1. The molecule has 0 atom stereocenters. The summed E-state index contributed by atoms with van der Waals surface area (Å²) in [7, 11) is 0. The number of nitro groups is 1. The third-order valence-corrected chi connectivity index (χ3v) is 1.60. The molecule has 0 aliphatic rings. The number of halogens is 1. The van der Waals surface area contributed by atoms with Crippen LogP contribution in [0.15, 0.2) is 18.2 Å². The van der Waals surface area contributed by atoms with E-state index in [9.17, 15) is 10.1 Å². The van der Waals surface area contributed by atoms with E-state index >= 15 is 0 Å². The van der Waals surface area contributed by atoms with Gasteiger partial charge in [0.15, 0.2) is 0 Å². The summed E-state index contributed by atoms with van der Waals surface area (Å²) in [6.07, 6.45) is 0. The van der Waals surface area contributed by atoms with Crippen LogP contribution in [0.2, 0.25) is 0 Å². The zero-order valence-electron chi connectivity index (χ0n) is 7.03. The molecule has 0 unspecified atom stereocenters. The second kappa shape index (κ2) is 4.49.